The lowest BCUT2D eigenvalue weighted by Crippen LogP contribution is -2.62. The summed E-state index contributed by atoms with van der Waals surface area (Å²) in [5.41, 5.74) is 0.949. The molecular weight excluding hydrogens is 306 g/mol. The molecule has 4 nitrogen and oxygen atoms in total. The molecule has 0 spiro atoms. The second-order valence-electron chi connectivity index (χ2n) is 5.23. The van der Waals surface area contributed by atoms with Crippen LogP contribution in [0, 0.1) is 0 Å². The summed E-state index contributed by atoms with van der Waals surface area (Å²) in [7, 11) is 3.96. The van der Waals surface area contributed by atoms with Crippen molar-refractivity contribution in [1.29, 1.82) is 0 Å². The zero-order valence-electron chi connectivity index (χ0n) is 11.6. The molecule has 1 aromatic rings. The quantitative estimate of drug-likeness (QED) is 0.918. The number of rotatable bonds is 3. The van der Waals surface area contributed by atoms with Gasteiger partial charge in [-0.15, -0.1) is 0 Å². The molecule has 0 aromatic heterocycles. The molecule has 1 fully saturated rings. The normalized spacial score (nSPS) is 24.1. The Morgan fingerprint density at radius 3 is 2.74 bits per heavy atom. The van der Waals surface area contributed by atoms with Crippen LogP contribution in [0.2, 0.25) is 0 Å². The fourth-order valence-electron chi connectivity index (χ4n) is 2.39. The van der Waals surface area contributed by atoms with Gasteiger partial charge in [0.15, 0.2) is 0 Å². The Morgan fingerprint density at radius 2 is 2.11 bits per heavy atom. The van der Waals surface area contributed by atoms with E-state index in [0.717, 1.165) is 16.7 Å². The van der Waals surface area contributed by atoms with Crippen LogP contribution in [-0.4, -0.2) is 50.1 Å². The maximum absolute atomic E-state index is 12.6. The first-order valence-electron chi connectivity index (χ1n) is 6.46. The first-order chi connectivity index (χ1) is 9.00. The molecule has 1 aliphatic heterocycles. The second-order valence-corrected chi connectivity index (χ2v) is 6.09. The van der Waals surface area contributed by atoms with Gasteiger partial charge in [-0.3, -0.25) is 4.79 Å². The average molecular weight is 326 g/mol. The molecule has 0 bridgehead atoms. The van der Waals surface area contributed by atoms with Crippen molar-refractivity contribution in [2.45, 2.75) is 19.0 Å². The molecule has 0 aliphatic carbocycles. The number of hydrogen-bond acceptors (Lipinski definition) is 3. The number of para-hydroxylation sites is 1. The molecule has 2 unspecified atom stereocenters. The van der Waals surface area contributed by atoms with Crippen LogP contribution in [0.3, 0.4) is 0 Å². The van der Waals surface area contributed by atoms with Gasteiger partial charge in [-0.2, -0.15) is 0 Å². The van der Waals surface area contributed by atoms with Crippen LogP contribution in [0.25, 0.3) is 0 Å². The molecule has 1 N–H and O–H groups in total. The van der Waals surface area contributed by atoms with Crippen molar-refractivity contribution in [2.75, 3.05) is 32.1 Å². The first kappa shape index (κ1) is 14.5. The van der Waals surface area contributed by atoms with Crippen LogP contribution < -0.4 is 10.2 Å². The number of hydrogen-bond donors (Lipinski definition) is 1. The van der Waals surface area contributed by atoms with E-state index in [0.29, 0.717) is 6.54 Å². The lowest BCUT2D eigenvalue weighted by Gasteiger charge is -2.39. The maximum atomic E-state index is 12.6. The summed E-state index contributed by atoms with van der Waals surface area (Å²) in [5.74, 6) is 0.138. The number of halogens is 1. The number of likely N-dealkylation sites (N-methyl/N-ethyl adjacent to an activating group) is 1. The number of amides is 1. The lowest BCUT2D eigenvalue weighted by molar-refractivity contribution is -0.122. The predicted octanol–water partition coefficient (Wildman–Crippen LogP) is 1.70. The Hall–Kier alpha value is -0.910. The van der Waals surface area contributed by atoms with Crippen LogP contribution in [0.5, 0.6) is 0 Å². The minimum absolute atomic E-state index is 0.138. The molecule has 19 heavy (non-hydrogen) atoms. The van der Waals surface area contributed by atoms with Gasteiger partial charge in [-0.25, -0.2) is 0 Å². The fourth-order valence-corrected chi connectivity index (χ4v) is 2.86. The van der Waals surface area contributed by atoms with Gasteiger partial charge in [0.25, 0.3) is 0 Å². The SMILES string of the molecule is CC1CNC(CN(C)C)C(=O)N1c1ccccc1Br. The van der Waals surface area contributed by atoms with Crippen molar-refractivity contribution < 1.29 is 4.79 Å². The summed E-state index contributed by atoms with van der Waals surface area (Å²) >= 11 is 3.53. The molecule has 1 amide bonds. The Labute approximate surface area is 122 Å². The van der Waals surface area contributed by atoms with E-state index >= 15 is 0 Å². The molecule has 2 atom stereocenters. The van der Waals surface area contributed by atoms with Crippen LogP contribution in [0.4, 0.5) is 5.69 Å². The minimum Gasteiger partial charge on any atom is -0.307 e. The average Bonchev–Trinajstić information content (AvgIpc) is 2.35. The van der Waals surface area contributed by atoms with Crippen LogP contribution in [-0.2, 0) is 4.79 Å². The summed E-state index contributed by atoms with van der Waals surface area (Å²) in [4.78, 5) is 16.6. The summed E-state index contributed by atoms with van der Waals surface area (Å²) in [6, 6.07) is 7.89. The van der Waals surface area contributed by atoms with Gasteiger partial charge in [-0.1, -0.05) is 12.1 Å². The van der Waals surface area contributed by atoms with E-state index in [-0.39, 0.29) is 18.0 Å². The predicted molar refractivity (Wildman–Crippen MR) is 81.4 cm³/mol. The van der Waals surface area contributed by atoms with E-state index in [1.807, 2.05) is 48.2 Å². The van der Waals surface area contributed by atoms with Crippen molar-refractivity contribution in [3.63, 3.8) is 0 Å². The third-order valence-corrected chi connectivity index (χ3v) is 3.97. The third kappa shape index (κ3) is 3.16. The van der Waals surface area contributed by atoms with Crippen molar-refractivity contribution >= 4 is 27.5 Å². The first-order valence-corrected chi connectivity index (χ1v) is 7.25. The zero-order valence-corrected chi connectivity index (χ0v) is 13.1. The number of carbonyl (C=O) groups is 1. The van der Waals surface area contributed by atoms with Crippen LogP contribution in [0.15, 0.2) is 28.7 Å². The smallest absolute Gasteiger partial charge is 0.245 e. The van der Waals surface area contributed by atoms with Crippen molar-refractivity contribution in [2.24, 2.45) is 0 Å². The second kappa shape index (κ2) is 6.03. The number of carbonyl (C=O) groups excluding carboxylic acids is 1. The summed E-state index contributed by atoms with van der Waals surface area (Å²) in [5, 5.41) is 3.32. The summed E-state index contributed by atoms with van der Waals surface area (Å²) in [6.07, 6.45) is 0. The van der Waals surface area contributed by atoms with Gasteiger partial charge < -0.3 is 15.1 Å². The van der Waals surface area contributed by atoms with Gasteiger partial charge in [-0.05, 0) is 49.1 Å². The van der Waals surface area contributed by atoms with E-state index in [2.05, 4.69) is 28.2 Å². The van der Waals surface area contributed by atoms with Gasteiger partial charge in [0.1, 0.15) is 6.04 Å². The fraction of sp³-hybridized carbons (Fsp3) is 0.500. The topological polar surface area (TPSA) is 35.6 Å². The molecule has 1 aromatic carbocycles. The highest BCUT2D eigenvalue weighted by atomic mass is 79.9. The van der Waals surface area contributed by atoms with E-state index < -0.39 is 0 Å². The van der Waals surface area contributed by atoms with Crippen LogP contribution >= 0.6 is 15.9 Å². The zero-order chi connectivity index (χ0) is 14.0. The highest BCUT2D eigenvalue weighted by Crippen LogP contribution is 2.29. The molecule has 1 aliphatic rings. The Morgan fingerprint density at radius 1 is 1.42 bits per heavy atom. The third-order valence-electron chi connectivity index (χ3n) is 3.30. The Bertz CT molecular complexity index is 464. The molecule has 2 rings (SSSR count). The van der Waals surface area contributed by atoms with Gasteiger partial charge in [0.2, 0.25) is 5.91 Å². The standard InChI is InChI=1S/C14H20BrN3O/c1-10-8-16-12(9-17(2)3)14(19)18(10)13-7-5-4-6-11(13)15/h4-7,10,12,16H,8-9H2,1-3H3. The maximum Gasteiger partial charge on any atom is 0.245 e. The van der Waals surface area contributed by atoms with Crippen LogP contribution in [0.1, 0.15) is 6.92 Å². The van der Waals surface area contributed by atoms with Gasteiger partial charge in [0.05, 0.1) is 5.69 Å². The van der Waals surface area contributed by atoms with Crippen molar-refractivity contribution in [3.8, 4) is 0 Å². The van der Waals surface area contributed by atoms with Crippen molar-refractivity contribution in [1.82, 2.24) is 10.2 Å². The number of nitrogens with zero attached hydrogens (tertiary/aromatic N) is 2. The number of benzene rings is 1. The van der Waals surface area contributed by atoms with Crippen molar-refractivity contribution in [3.05, 3.63) is 28.7 Å². The molecule has 1 saturated heterocycles. The van der Waals surface area contributed by atoms with E-state index in [4.69, 9.17) is 0 Å². The van der Waals surface area contributed by atoms with Gasteiger partial charge >= 0.3 is 0 Å². The number of nitrogens with one attached hydrogen (secondary N) is 1. The Kier molecular flexibility index (Phi) is 4.60. The highest BCUT2D eigenvalue weighted by molar-refractivity contribution is 9.10. The molecule has 0 radical (unpaired) electrons. The minimum atomic E-state index is -0.140. The van der Waals surface area contributed by atoms with E-state index in [1.54, 1.807) is 0 Å². The van der Waals surface area contributed by atoms with E-state index in [1.165, 1.54) is 0 Å². The monoisotopic (exact) mass is 325 g/mol. The largest absolute Gasteiger partial charge is 0.307 e. The highest BCUT2D eigenvalue weighted by Gasteiger charge is 2.34. The Balaban J connectivity index is 2.27. The molecule has 0 saturated carbocycles. The molecule has 5 heteroatoms. The molecule has 104 valence electrons. The molecule has 1 heterocycles. The lowest BCUT2D eigenvalue weighted by atomic mass is 10.1. The summed E-state index contributed by atoms with van der Waals surface area (Å²) < 4.78 is 0.959. The number of piperazine rings is 1. The summed E-state index contributed by atoms with van der Waals surface area (Å²) in [6.45, 7) is 3.59. The van der Waals surface area contributed by atoms with Gasteiger partial charge in [0, 0.05) is 23.6 Å². The molecular formula is C14H20BrN3O. The number of anilines is 1. The van der Waals surface area contributed by atoms with E-state index in [9.17, 15) is 4.79 Å².